The maximum Gasteiger partial charge on any atom is 0.310 e. The van der Waals surface area contributed by atoms with E-state index in [4.69, 9.17) is 5.26 Å². The van der Waals surface area contributed by atoms with Gasteiger partial charge in [-0.25, -0.2) is 0 Å². The summed E-state index contributed by atoms with van der Waals surface area (Å²) in [6.45, 7) is 0. The Balaban J connectivity index is 3.44. The molecule has 0 saturated carbocycles. The van der Waals surface area contributed by atoms with Crippen molar-refractivity contribution in [3.05, 3.63) is 38.9 Å². The number of hydrogen-bond donors (Lipinski definition) is 0. The van der Waals surface area contributed by atoms with E-state index < -0.39 is 10.9 Å². The lowest BCUT2D eigenvalue weighted by Gasteiger charge is -2.07. The quantitative estimate of drug-likeness (QED) is 0.367. The predicted octanol–water partition coefficient (Wildman–Crippen LogP) is 2.08. The van der Waals surface area contributed by atoms with Gasteiger partial charge in [0.25, 0.3) is 5.69 Å². The van der Waals surface area contributed by atoms with Gasteiger partial charge < -0.3 is 4.74 Å². The molecule has 0 aromatic heterocycles. The molecule has 0 spiro atoms. The largest absolute Gasteiger partial charge is 0.469 e. The van der Waals surface area contributed by atoms with Crippen molar-refractivity contribution in [2.45, 2.75) is 11.8 Å². The maximum absolute atomic E-state index is 11.3. The molecule has 0 aliphatic rings. The van der Waals surface area contributed by atoms with E-state index in [1.807, 2.05) is 6.07 Å². The van der Waals surface area contributed by atoms with Gasteiger partial charge in [-0.3, -0.25) is 14.9 Å². The Morgan fingerprint density at radius 3 is 2.72 bits per heavy atom. The van der Waals surface area contributed by atoms with Crippen LogP contribution in [0.4, 0.5) is 5.69 Å². The van der Waals surface area contributed by atoms with Crippen LogP contribution in [0.15, 0.2) is 12.1 Å². The SMILES string of the molecule is COC(=O)Cc1c([N+](=O)[O-])ccc(CBr)c1C#N. The highest BCUT2D eigenvalue weighted by Gasteiger charge is 2.22. The van der Waals surface area contributed by atoms with Crippen LogP contribution >= 0.6 is 15.9 Å². The maximum atomic E-state index is 11.3. The number of benzene rings is 1. The van der Waals surface area contributed by atoms with E-state index in [1.54, 1.807) is 0 Å². The van der Waals surface area contributed by atoms with Crippen molar-refractivity contribution in [2.24, 2.45) is 0 Å². The number of ether oxygens (including phenoxy) is 1. The van der Waals surface area contributed by atoms with Crippen LogP contribution in [-0.4, -0.2) is 18.0 Å². The number of carbonyl (C=O) groups excluding carboxylic acids is 1. The lowest BCUT2D eigenvalue weighted by atomic mass is 9.98. The molecule has 0 amide bonds. The summed E-state index contributed by atoms with van der Waals surface area (Å²) in [5.41, 5.74) is 0.585. The first-order chi connectivity index (χ1) is 8.54. The fourth-order valence-electron chi connectivity index (χ4n) is 1.50. The molecule has 0 heterocycles. The highest BCUT2D eigenvalue weighted by molar-refractivity contribution is 9.08. The van der Waals surface area contributed by atoms with Crippen LogP contribution in [0.1, 0.15) is 16.7 Å². The van der Waals surface area contributed by atoms with E-state index in [0.29, 0.717) is 10.9 Å². The molecule has 7 heteroatoms. The lowest BCUT2D eigenvalue weighted by Crippen LogP contribution is -2.10. The zero-order chi connectivity index (χ0) is 13.7. The first-order valence-electron chi connectivity index (χ1n) is 4.87. The zero-order valence-corrected chi connectivity index (χ0v) is 11.1. The Labute approximate surface area is 111 Å². The Morgan fingerprint density at radius 2 is 2.28 bits per heavy atom. The third-order valence-electron chi connectivity index (χ3n) is 2.38. The van der Waals surface area contributed by atoms with Crippen LogP contribution in [0.2, 0.25) is 0 Å². The van der Waals surface area contributed by atoms with Gasteiger partial charge in [0, 0.05) is 11.4 Å². The molecular formula is C11H9BrN2O4. The van der Waals surface area contributed by atoms with Gasteiger partial charge in [0.15, 0.2) is 0 Å². The molecule has 1 aromatic rings. The van der Waals surface area contributed by atoms with E-state index in [0.717, 1.165) is 0 Å². The summed E-state index contributed by atoms with van der Waals surface area (Å²) in [5, 5.41) is 20.3. The second-order valence-corrected chi connectivity index (χ2v) is 3.91. The van der Waals surface area contributed by atoms with Crippen LogP contribution in [0, 0.1) is 21.4 Å². The molecule has 0 unspecified atom stereocenters. The number of rotatable bonds is 4. The van der Waals surface area contributed by atoms with Crippen LogP contribution in [0.5, 0.6) is 0 Å². The summed E-state index contributed by atoms with van der Waals surface area (Å²) in [5.74, 6) is -0.624. The summed E-state index contributed by atoms with van der Waals surface area (Å²) in [6.07, 6.45) is -0.295. The summed E-state index contributed by atoms with van der Waals surface area (Å²) < 4.78 is 4.48. The van der Waals surface area contributed by atoms with Crippen molar-refractivity contribution < 1.29 is 14.5 Å². The van der Waals surface area contributed by atoms with Gasteiger partial charge in [-0.15, -0.1) is 0 Å². The van der Waals surface area contributed by atoms with Crippen LogP contribution in [0.3, 0.4) is 0 Å². The molecule has 1 rings (SSSR count). The molecule has 0 radical (unpaired) electrons. The Kier molecular flexibility index (Phi) is 4.80. The molecular weight excluding hydrogens is 304 g/mol. The second kappa shape index (κ2) is 6.12. The third-order valence-corrected chi connectivity index (χ3v) is 2.98. The van der Waals surface area contributed by atoms with Crippen molar-refractivity contribution in [1.29, 1.82) is 5.26 Å². The van der Waals surface area contributed by atoms with Crippen molar-refractivity contribution >= 4 is 27.6 Å². The van der Waals surface area contributed by atoms with Crippen molar-refractivity contribution in [1.82, 2.24) is 0 Å². The molecule has 0 aliphatic heterocycles. The normalized spacial score (nSPS) is 9.61. The van der Waals surface area contributed by atoms with E-state index in [2.05, 4.69) is 20.7 Å². The lowest BCUT2D eigenvalue weighted by molar-refractivity contribution is -0.385. The fourth-order valence-corrected chi connectivity index (χ4v) is 1.97. The first kappa shape index (κ1) is 14.1. The third kappa shape index (κ3) is 2.84. The highest BCUT2D eigenvalue weighted by atomic mass is 79.9. The molecule has 0 bridgehead atoms. The summed E-state index contributed by atoms with van der Waals surface area (Å²) >= 11 is 3.19. The van der Waals surface area contributed by atoms with Gasteiger partial charge in [-0.2, -0.15) is 5.26 Å². The van der Waals surface area contributed by atoms with E-state index in [1.165, 1.54) is 19.2 Å². The molecule has 1 aromatic carbocycles. The smallest absolute Gasteiger partial charge is 0.310 e. The van der Waals surface area contributed by atoms with Crippen molar-refractivity contribution in [3.8, 4) is 6.07 Å². The van der Waals surface area contributed by atoms with Gasteiger partial charge in [-0.1, -0.05) is 22.0 Å². The van der Waals surface area contributed by atoms with Gasteiger partial charge in [0.2, 0.25) is 0 Å². The number of alkyl halides is 1. The van der Waals surface area contributed by atoms with Gasteiger partial charge in [0.1, 0.15) is 6.07 Å². The predicted molar refractivity (Wildman–Crippen MR) is 66.2 cm³/mol. The Morgan fingerprint density at radius 1 is 1.61 bits per heavy atom. The van der Waals surface area contributed by atoms with Gasteiger partial charge >= 0.3 is 5.97 Å². The van der Waals surface area contributed by atoms with Crippen LogP contribution in [-0.2, 0) is 21.3 Å². The van der Waals surface area contributed by atoms with E-state index in [-0.39, 0.29) is 23.2 Å². The number of methoxy groups -OCH3 is 1. The average molecular weight is 313 g/mol. The number of halogens is 1. The number of esters is 1. The van der Waals surface area contributed by atoms with Crippen molar-refractivity contribution in [2.75, 3.05) is 7.11 Å². The highest BCUT2D eigenvalue weighted by Crippen LogP contribution is 2.27. The van der Waals surface area contributed by atoms with Crippen molar-refractivity contribution in [3.63, 3.8) is 0 Å². The summed E-state index contributed by atoms with van der Waals surface area (Å²) in [6, 6.07) is 4.68. The molecule has 0 N–H and O–H groups in total. The standard InChI is InChI=1S/C11H9BrN2O4/c1-18-11(15)4-8-9(6-13)7(5-12)2-3-10(8)14(16)17/h2-3H,4-5H2,1H3. The van der Waals surface area contributed by atoms with Crippen LogP contribution < -0.4 is 0 Å². The van der Waals surface area contributed by atoms with Crippen LogP contribution in [0.25, 0.3) is 0 Å². The number of carbonyl (C=O) groups is 1. The average Bonchev–Trinajstić information content (AvgIpc) is 2.37. The molecule has 0 aliphatic carbocycles. The molecule has 18 heavy (non-hydrogen) atoms. The molecule has 6 nitrogen and oxygen atoms in total. The number of hydrogen-bond acceptors (Lipinski definition) is 5. The number of nitro benzene ring substituents is 1. The topological polar surface area (TPSA) is 93.2 Å². The zero-order valence-electron chi connectivity index (χ0n) is 9.47. The first-order valence-corrected chi connectivity index (χ1v) is 5.99. The Hall–Kier alpha value is -1.94. The van der Waals surface area contributed by atoms with Gasteiger partial charge in [0.05, 0.1) is 29.6 Å². The monoisotopic (exact) mass is 312 g/mol. The molecule has 0 saturated heterocycles. The number of nitriles is 1. The second-order valence-electron chi connectivity index (χ2n) is 3.35. The minimum absolute atomic E-state index is 0.0892. The molecule has 0 fully saturated rings. The molecule has 0 atom stereocenters. The fraction of sp³-hybridized carbons (Fsp3) is 0.273. The van der Waals surface area contributed by atoms with E-state index in [9.17, 15) is 14.9 Å². The minimum atomic E-state index is -0.624. The minimum Gasteiger partial charge on any atom is -0.469 e. The number of nitro groups is 1. The summed E-state index contributed by atoms with van der Waals surface area (Å²) in [4.78, 5) is 21.5. The van der Waals surface area contributed by atoms with E-state index >= 15 is 0 Å². The van der Waals surface area contributed by atoms with Gasteiger partial charge in [-0.05, 0) is 5.56 Å². The summed E-state index contributed by atoms with van der Waals surface area (Å²) in [7, 11) is 1.19. The Bertz CT molecular complexity index is 537. The molecule has 94 valence electrons. The number of nitrogens with zero attached hydrogens (tertiary/aromatic N) is 2.